The molecule has 114 valence electrons. The molecular formula is C16H21NO4. The second-order valence-electron chi connectivity index (χ2n) is 5.73. The Morgan fingerprint density at radius 2 is 2.14 bits per heavy atom. The fraction of sp³-hybridized carbons (Fsp3) is 0.562. The highest BCUT2D eigenvalue weighted by atomic mass is 16.5. The van der Waals surface area contributed by atoms with E-state index in [1.54, 1.807) is 7.11 Å². The Balaban J connectivity index is 1.98. The summed E-state index contributed by atoms with van der Waals surface area (Å²) in [6.07, 6.45) is 1.09. The van der Waals surface area contributed by atoms with Gasteiger partial charge in [-0.15, -0.1) is 0 Å². The maximum atomic E-state index is 11.9. The molecule has 0 radical (unpaired) electrons. The van der Waals surface area contributed by atoms with Crippen molar-refractivity contribution in [3.63, 3.8) is 0 Å². The summed E-state index contributed by atoms with van der Waals surface area (Å²) in [6, 6.07) is 4.08. The van der Waals surface area contributed by atoms with Crippen molar-refractivity contribution in [1.82, 2.24) is 5.32 Å². The van der Waals surface area contributed by atoms with E-state index in [2.05, 4.69) is 12.2 Å². The Morgan fingerprint density at radius 3 is 2.86 bits per heavy atom. The third kappa shape index (κ3) is 2.46. The van der Waals surface area contributed by atoms with Crippen molar-refractivity contribution in [1.29, 1.82) is 0 Å². The molecule has 5 heteroatoms. The van der Waals surface area contributed by atoms with Crippen molar-refractivity contribution >= 4 is 5.97 Å². The highest BCUT2D eigenvalue weighted by Gasteiger charge is 2.37. The van der Waals surface area contributed by atoms with Crippen LogP contribution in [0, 0.1) is 5.92 Å². The fourth-order valence-electron chi connectivity index (χ4n) is 3.33. The van der Waals surface area contributed by atoms with Crippen molar-refractivity contribution in [3.8, 4) is 11.5 Å². The first kappa shape index (κ1) is 14.2. The molecule has 3 unspecified atom stereocenters. The van der Waals surface area contributed by atoms with Gasteiger partial charge in [-0.05, 0) is 19.1 Å². The van der Waals surface area contributed by atoms with Gasteiger partial charge >= 0.3 is 5.97 Å². The number of carbonyl (C=O) groups excluding carboxylic acids is 1. The first-order valence-electron chi connectivity index (χ1n) is 7.30. The quantitative estimate of drug-likeness (QED) is 0.855. The predicted octanol–water partition coefficient (Wildman–Crippen LogP) is 1.49. The largest absolute Gasteiger partial charge is 0.496 e. The molecule has 1 fully saturated rings. The fourth-order valence-corrected chi connectivity index (χ4v) is 3.33. The number of hydrogen-bond acceptors (Lipinski definition) is 5. The predicted molar refractivity (Wildman–Crippen MR) is 77.9 cm³/mol. The van der Waals surface area contributed by atoms with Crippen LogP contribution in [-0.4, -0.2) is 39.4 Å². The molecule has 0 aliphatic carbocycles. The van der Waals surface area contributed by atoms with E-state index in [4.69, 9.17) is 14.2 Å². The molecule has 2 aliphatic rings. The molecule has 0 amide bonds. The zero-order chi connectivity index (χ0) is 15.0. The lowest BCUT2D eigenvalue weighted by Crippen LogP contribution is -2.23. The average Bonchev–Trinajstić information content (AvgIpc) is 3.09. The molecule has 0 aromatic heterocycles. The number of methoxy groups -OCH3 is 2. The zero-order valence-electron chi connectivity index (χ0n) is 12.6. The summed E-state index contributed by atoms with van der Waals surface area (Å²) in [5, 5.41) is 3.27. The third-order valence-corrected chi connectivity index (χ3v) is 4.37. The van der Waals surface area contributed by atoms with Crippen LogP contribution in [0.2, 0.25) is 0 Å². The highest BCUT2D eigenvalue weighted by molar-refractivity contribution is 5.75. The van der Waals surface area contributed by atoms with Gasteiger partial charge in [-0.1, -0.05) is 0 Å². The molecule has 2 aliphatic heterocycles. The number of carbonyl (C=O) groups is 1. The van der Waals surface area contributed by atoms with Crippen LogP contribution in [0.25, 0.3) is 0 Å². The topological polar surface area (TPSA) is 56.8 Å². The summed E-state index contributed by atoms with van der Waals surface area (Å²) in [5.74, 6) is 1.43. The van der Waals surface area contributed by atoms with E-state index in [9.17, 15) is 4.79 Å². The summed E-state index contributed by atoms with van der Waals surface area (Å²) in [7, 11) is 3.10. The van der Waals surface area contributed by atoms with Gasteiger partial charge in [-0.25, -0.2) is 0 Å². The van der Waals surface area contributed by atoms with E-state index in [0.29, 0.717) is 6.54 Å². The number of fused-ring (bicyclic) bond motifs is 1. The van der Waals surface area contributed by atoms with E-state index in [0.717, 1.165) is 30.0 Å². The monoisotopic (exact) mass is 291 g/mol. The van der Waals surface area contributed by atoms with Crippen molar-refractivity contribution in [3.05, 3.63) is 23.3 Å². The summed E-state index contributed by atoms with van der Waals surface area (Å²) in [5.41, 5.74) is 2.19. The Kier molecular flexibility index (Phi) is 3.76. The molecule has 0 saturated carbocycles. The molecule has 0 bridgehead atoms. The molecule has 1 saturated heterocycles. The molecule has 3 rings (SSSR count). The lowest BCUT2D eigenvalue weighted by Gasteiger charge is -2.20. The normalized spacial score (nSPS) is 27.1. The summed E-state index contributed by atoms with van der Waals surface area (Å²) in [6.45, 7) is 3.43. The van der Waals surface area contributed by atoms with Gasteiger partial charge < -0.3 is 19.5 Å². The van der Waals surface area contributed by atoms with Crippen LogP contribution >= 0.6 is 0 Å². The first-order valence-corrected chi connectivity index (χ1v) is 7.30. The smallest absolute Gasteiger partial charge is 0.310 e. The van der Waals surface area contributed by atoms with Crippen LogP contribution < -0.4 is 14.8 Å². The van der Waals surface area contributed by atoms with E-state index in [-0.39, 0.29) is 23.9 Å². The Bertz CT molecular complexity index is 557. The SMILES string of the molecule is COC(=O)C1CNCC1c1cc2c(cc1OC)CC(C)O2. The van der Waals surface area contributed by atoms with Gasteiger partial charge in [0.15, 0.2) is 0 Å². The van der Waals surface area contributed by atoms with Crippen LogP contribution in [0.5, 0.6) is 11.5 Å². The van der Waals surface area contributed by atoms with Gasteiger partial charge in [0.1, 0.15) is 17.6 Å². The van der Waals surface area contributed by atoms with Crippen molar-refractivity contribution < 1.29 is 19.0 Å². The number of benzene rings is 1. The minimum absolute atomic E-state index is 0.0530. The van der Waals surface area contributed by atoms with Crippen LogP contribution in [0.1, 0.15) is 24.0 Å². The summed E-state index contributed by atoms with van der Waals surface area (Å²) >= 11 is 0. The van der Waals surface area contributed by atoms with Crippen molar-refractivity contribution in [2.45, 2.75) is 25.4 Å². The van der Waals surface area contributed by atoms with Crippen LogP contribution in [-0.2, 0) is 16.0 Å². The van der Waals surface area contributed by atoms with Gasteiger partial charge in [-0.2, -0.15) is 0 Å². The van der Waals surface area contributed by atoms with Crippen LogP contribution in [0.15, 0.2) is 12.1 Å². The maximum absolute atomic E-state index is 11.9. The first-order chi connectivity index (χ1) is 10.1. The maximum Gasteiger partial charge on any atom is 0.310 e. The zero-order valence-corrected chi connectivity index (χ0v) is 12.6. The van der Waals surface area contributed by atoms with Crippen molar-refractivity contribution in [2.24, 2.45) is 5.92 Å². The van der Waals surface area contributed by atoms with Crippen LogP contribution in [0.4, 0.5) is 0 Å². The minimum atomic E-state index is -0.180. The Morgan fingerprint density at radius 1 is 1.33 bits per heavy atom. The molecule has 5 nitrogen and oxygen atoms in total. The van der Waals surface area contributed by atoms with E-state index in [1.165, 1.54) is 12.7 Å². The molecule has 2 heterocycles. The van der Waals surface area contributed by atoms with E-state index >= 15 is 0 Å². The second kappa shape index (κ2) is 5.56. The lowest BCUT2D eigenvalue weighted by molar-refractivity contribution is -0.145. The third-order valence-electron chi connectivity index (χ3n) is 4.37. The number of esters is 1. The molecule has 1 N–H and O–H groups in total. The number of rotatable bonds is 3. The number of hydrogen-bond donors (Lipinski definition) is 1. The van der Waals surface area contributed by atoms with Gasteiger partial charge in [0.25, 0.3) is 0 Å². The number of ether oxygens (including phenoxy) is 3. The molecule has 3 atom stereocenters. The molecule has 1 aromatic rings. The van der Waals surface area contributed by atoms with E-state index < -0.39 is 0 Å². The summed E-state index contributed by atoms with van der Waals surface area (Å²) in [4.78, 5) is 11.9. The van der Waals surface area contributed by atoms with Crippen molar-refractivity contribution in [2.75, 3.05) is 27.3 Å². The lowest BCUT2D eigenvalue weighted by atomic mass is 9.87. The average molecular weight is 291 g/mol. The highest BCUT2D eigenvalue weighted by Crippen LogP contribution is 2.41. The molecule has 21 heavy (non-hydrogen) atoms. The standard InChI is InChI=1S/C16H21NO4/c1-9-4-10-5-15(19-2)11(6-14(10)21-9)12-7-17-8-13(12)16(18)20-3/h5-6,9,12-13,17H,4,7-8H2,1-3H3. The number of nitrogens with one attached hydrogen (secondary N) is 1. The summed E-state index contributed by atoms with van der Waals surface area (Å²) < 4.78 is 16.3. The van der Waals surface area contributed by atoms with Gasteiger partial charge in [0.05, 0.1) is 20.1 Å². The minimum Gasteiger partial charge on any atom is -0.496 e. The van der Waals surface area contributed by atoms with Gasteiger partial charge in [0, 0.05) is 36.6 Å². The van der Waals surface area contributed by atoms with Gasteiger partial charge in [-0.3, -0.25) is 4.79 Å². The Labute approximate surface area is 124 Å². The molecule has 1 aromatic carbocycles. The van der Waals surface area contributed by atoms with Crippen LogP contribution in [0.3, 0.4) is 0 Å². The molecular weight excluding hydrogens is 270 g/mol. The second-order valence-corrected chi connectivity index (χ2v) is 5.73. The molecule has 0 spiro atoms. The van der Waals surface area contributed by atoms with E-state index in [1.807, 2.05) is 12.1 Å². The Hall–Kier alpha value is -1.75. The van der Waals surface area contributed by atoms with Gasteiger partial charge in [0.2, 0.25) is 0 Å².